The first-order valence-corrected chi connectivity index (χ1v) is 23.6. The molecule has 4 amide bonds. The molecule has 13 heteroatoms. The average Bonchev–Trinajstić information content (AvgIpc) is 3.25. The van der Waals surface area contributed by atoms with Crippen LogP contribution >= 0.6 is 0 Å². The monoisotopic (exact) mass is 877 g/mol. The number of hydrogen-bond acceptors (Lipinski definition) is 9. The number of carbonyl (C=O) groups is 6. The van der Waals surface area contributed by atoms with E-state index in [0.29, 0.717) is 36.8 Å². The third-order valence-corrected chi connectivity index (χ3v) is 12.4. The molecule has 13 nitrogen and oxygen atoms in total. The van der Waals surface area contributed by atoms with Crippen LogP contribution in [0, 0.1) is 5.92 Å². The summed E-state index contributed by atoms with van der Waals surface area (Å²) in [7, 11) is 2.91. The maximum absolute atomic E-state index is 14.3. The number of ketones is 2. The van der Waals surface area contributed by atoms with Crippen LogP contribution in [0.3, 0.4) is 0 Å². The summed E-state index contributed by atoms with van der Waals surface area (Å²) in [5, 5.41) is 37.5. The molecular formula is C50H76N4O9. The third-order valence-electron chi connectivity index (χ3n) is 12.4. The van der Waals surface area contributed by atoms with Gasteiger partial charge in [-0.2, -0.15) is 0 Å². The molecule has 0 fully saturated rings. The van der Waals surface area contributed by atoms with Gasteiger partial charge in [-0.25, -0.2) is 0 Å². The van der Waals surface area contributed by atoms with Crippen molar-refractivity contribution in [1.82, 2.24) is 20.4 Å². The highest BCUT2D eigenvalue weighted by atomic mass is 16.3. The fraction of sp³-hybridized carbons (Fsp3) is 0.640. The van der Waals surface area contributed by atoms with Gasteiger partial charge in [0.25, 0.3) is 0 Å². The van der Waals surface area contributed by atoms with Crippen LogP contribution < -0.4 is 10.6 Å². The minimum Gasteiger partial charge on any atom is -0.507 e. The van der Waals surface area contributed by atoms with Crippen LogP contribution in [0.4, 0.5) is 0 Å². The van der Waals surface area contributed by atoms with Gasteiger partial charge in [-0.05, 0) is 68.5 Å². The molecule has 5 atom stereocenters. The molecule has 0 aliphatic carbocycles. The minimum absolute atomic E-state index is 0.0985. The van der Waals surface area contributed by atoms with Crippen LogP contribution in [0.2, 0.25) is 0 Å². The third kappa shape index (κ3) is 16.7. The normalized spacial score (nSPS) is 17.5. The Morgan fingerprint density at radius 1 is 0.746 bits per heavy atom. The van der Waals surface area contributed by atoms with Gasteiger partial charge < -0.3 is 35.8 Å². The Labute approximate surface area is 375 Å². The lowest BCUT2D eigenvalue weighted by Gasteiger charge is -2.30. The van der Waals surface area contributed by atoms with Gasteiger partial charge in [-0.3, -0.25) is 28.8 Å². The number of nitrogens with zero attached hydrogens (tertiary/aromatic N) is 2. The minimum atomic E-state index is -1.19. The second-order valence-corrected chi connectivity index (χ2v) is 17.7. The van der Waals surface area contributed by atoms with E-state index in [1.165, 1.54) is 107 Å². The molecule has 4 bridgehead atoms. The number of hydrogen-bond donors (Lipinski definition) is 5. The molecule has 1 heterocycles. The van der Waals surface area contributed by atoms with Crippen molar-refractivity contribution >= 4 is 35.2 Å². The Balaban J connectivity index is 1.61. The highest BCUT2D eigenvalue weighted by Gasteiger charge is 2.34. The number of Topliss-reactive ketones (excluding diaryl/α,β-unsaturated/α-hetero) is 2. The van der Waals surface area contributed by atoms with Gasteiger partial charge in [-0.1, -0.05) is 109 Å². The predicted octanol–water partition coefficient (Wildman–Crippen LogP) is 7.86. The topological polar surface area (TPSA) is 194 Å². The Morgan fingerprint density at radius 2 is 1.32 bits per heavy atom. The zero-order chi connectivity index (χ0) is 46.5. The quantitative estimate of drug-likeness (QED) is 0.0618. The molecule has 5 N–H and O–H groups in total. The summed E-state index contributed by atoms with van der Waals surface area (Å²) in [6.07, 6.45) is 16.4. The first-order valence-electron chi connectivity index (χ1n) is 23.6. The van der Waals surface area contributed by atoms with Crippen LogP contribution in [0.15, 0.2) is 36.4 Å². The zero-order valence-electron chi connectivity index (χ0n) is 38.9. The lowest BCUT2D eigenvalue weighted by Crippen LogP contribution is -2.53. The summed E-state index contributed by atoms with van der Waals surface area (Å²) in [6.45, 7) is 6.86. The maximum Gasteiger partial charge on any atom is 0.245 e. The molecule has 0 aromatic heterocycles. The van der Waals surface area contributed by atoms with Crippen LogP contribution in [0.1, 0.15) is 167 Å². The van der Waals surface area contributed by atoms with Crippen molar-refractivity contribution < 1.29 is 44.1 Å². The number of unbranched alkanes of at least 4 members (excludes halogenated alkanes) is 12. The SMILES string of the molecule is CCCCCCCCCCCCCCCC(=O)N(C)[C@H](CO)C(=O)N[C@H](C)C(=O)CCC(=O)N(C)[C@@H]1C(=O)C[C@@H](CCC)C(=O)N[C@H](C)Cc2ccc(O)c(c2)-c2cc1ccc2O. The molecule has 1 aliphatic heterocycles. The van der Waals surface area contributed by atoms with Crippen molar-refractivity contribution in [1.29, 1.82) is 0 Å². The summed E-state index contributed by atoms with van der Waals surface area (Å²) in [5.74, 6) is -3.54. The molecule has 0 saturated carbocycles. The van der Waals surface area contributed by atoms with Crippen LogP contribution in [0.25, 0.3) is 11.1 Å². The summed E-state index contributed by atoms with van der Waals surface area (Å²) in [6, 6.07) is 5.75. The second-order valence-electron chi connectivity index (χ2n) is 17.7. The number of rotatable bonds is 25. The number of phenols is 2. The van der Waals surface area contributed by atoms with E-state index in [0.717, 1.165) is 24.8 Å². The Morgan fingerprint density at radius 3 is 1.90 bits per heavy atom. The van der Waals surface area contributed by atoms with Crippen molar-refractivity contribution in [3.63, 3.8) is 0 Å². The predicted molar refractivity (Wildman–Crippen MR) is 246 cm³/mol. The number of amides is 4. The Bertz CT molecular complexity index is 1820. The number of likely N-dealkylation sites (N-methyl/N-ethyl adjacent to an activating group) is 2. The van der Waals surface area contributed by atoms with E-state index in [9.17, 15) is 44.1 Å². The summed E-state index contributed by atoms with van der Waals surface area (Å²) < 4.78 is 0. The molecule has 0 radical (unpaired) electrons. The van der Waals surface area contributed by atoms with E-state index >= 15 is 0 Å². The zero-order valence-corrected chi connectivity index (χ0v) is 38.9. The number of aliphatic hydroxyl groups is 1. The number of nitrogens with one attached hydrogen (secondary N) is 2. The van der Waals surface area contributed by atoms with Crippen LogP contribution in [-0.2, 0) is 35.2 Å². The number of aromatic hydroxyl groups is 2. The largest absolute Gasteiger partial charge is 0.507 e. The maximum atomic E-state index is 14.3. The molecule has 0 spiro atoms. The number of benzene rings is 2. The number of fused-ring (bicyclic) bond motifs is 5. The lowest BCUT2D eigenvalue weighted by atomic mass is 9.88. The van der Waals surface area contributed by atoms with E-state index in [4.69, 9.17) is 0 Å². The van der Waals surface area contributed by atoms with Crippen molar-refractivity contribution in [2.75, 3.05) is 20.7 Å². The van der Waals surface area contributed by atoms with Crippen molar-refractivity contribution in [2.24, 2.45) is 5.92 Å². The second kappa shape index (κ2) is 27.4. The molecular weight excluding hydrogens is 801 g/mol. The summed E-state index contributed by atoms with van der Waals surface area (Å²) >= 11 is 0. The van der Waals surface area contributed by atoms with Crippen molar-refractivity contribution in [3.8, 4) is 22.6 Å². The molecule has 63 heavy (non-hydrogen) atoms. The van der Waals surface area contributed by atoms with Gasteiger partial charge in [0.1, 0.15) is 23.6 Å². The first-order chi connectivity index (χ1) is 30.1. The molecule has 1 aliphatic rings. The molecule has 2 aromatic carbocycles. The van der Waals surface area contributed by atoms with Gasteiger partial charge in [0.2, 0.25) is 23.6 Å². The molecule has 3 rings (SSSR count). The fourth-order valence-corrected chi connectivity index (χ4v) is 8.47. The lowest BCUT2D eigenvalue weighted by molar-refractivity contribution is -0.142. The van der Waals surface area contributed by atoms with E-state index in [1.807, 2.05) is 13.8 Å². The molecule has 0 unspecified atom stereocenters. The number of phenolic OH excluding ortho intramolecular Hbond substituents is 2. The Kier molecular flexibility index (Phi) is 22.9. The summed E-state index contributed by atoms with van der Waals surface area (Å²) in [5.41, 5.74) is 1.75. The first kappa shape index (κ1) is 52.6. The number of carbonyl (C=O) groups excluding carboxylic acids is 6. The highest BCUT2D eigenvalue weighted by molar-refractivity contribution is 5.96. The van der Waals surface area contributed by atoms with Gasteiger partial charge in [0, 0.05) is 62.9 Å². The van der Waals surface area contributed by atoms with Gasteiger partial charge >= 0.3 is 0 Å². The fourth-order valence-electron chi connectivity index (χ4n) is 8.47. The van der Waals surface area contributed by atoms with Gasteiger partial charge in [0.05, 0.1) is 12.6 Å². The van der Waals surface area contributed by atoms with Gasteiger partial charge in [-0.15, -0.1) is 0 Å². The van der Waals surface area contributed by atoms with E-state index in [1.54, 1.807) is 18.2 Å². The smallest absolute Gasteiger partial charge is 0.245 e. The standard InChI is InChI=1S/C50H76N4O9/c1-7-9-10-11-12-13-14-15-16-17-18-19-20-22-46(60)53(5)41(33-55)50(63)52-35(4)42(56)27-28-47(61)54(6)48-37-24-26-44(58)40(31-37)39-30-36(23-25-43(39)57)29-34(3)51-49(62)38(21-8-2)32-45(48)59/h23-26,30-31,34-35,38,41,48,55,57-58H,7-22,27-29,32-33H2,1-6H3,(H,51,62)(H,52,63)/t34-,35-,38-,41-,48+/m1/s1. The van der Waals surface area contributed by atoms with Gasteiger partial charge in [0.15, 0.2) is 11.6 Å². The highest BCUT2D eigenvalue weighted by Crippen LogP contribution is 2.39. The Hall–Kier alpha value is -4.78. The average molecular weight is 877 g/mol. The molecule has 0 saturated heterocycles. The summed E-state index contributed by atoms with van der Waals surface area (Å²) in [4.78, 5) is 83.5. The van der Waals surface area contributed by atoms with E-state index in [2.05, 4.69) is 17.6 Å². The molecule has 350 valence electrons. The van der Waals surface area contributed by atoms with Crippen molar-refractivity contribution in [2.45, 2.75) is 180 Å². The molecule has 2 aromatic rings. The number of aliphatic hydroxyl groups excluding tert-OH is 1. The van der Waals surface area contributed by atoms with Crippen LogP contribution in [-0.4, -0.2) is 99.1 Å². The van der Waals surface area contributed by atoms with Crippen molar-refractivity contribution in [3.05, 3.63) is 47.5 Å². The van der Waals surface area contributed by atoms with E-state index in [-0.39, 0.29) is 60.6 Å². The van der Waals surface area contributed by atoms with E-state index < -0.39 is 54.0 Å². The van der Waals surface area contributed by atoms with Crippen LogP contribution in [0.5, 0.6) is 11.5 Å².